The second-order valence-corrected chi connectivity index (χ2v) is 3.06. The van der Waals surface area contributed by atoms with E-state index in [0.717, 1.165) is 5.56 Å². The first kappa shape index (κ1) is 8.97. The van der Waals surface area contributed by atoms with Crippen LogP contribution in [-0.4, -0.2) is 10.4 Å². The number of aromatic nitrogens is 1. The monoisotopic (exact) mass is 207 g/mol. The molecule has 3 nitrogen and oxygen atoms in total. The second-order valence-electron chi connectivity index (χ2n) is 2.72. The van der Waals surface area contributed by atoms with Crippen molar-refractivity contribution in [3.63, 3.8) is 0 Å². The van der Waals surface area contributed by atoms with Crippen molar-refractivity contribution in [2.24, 2.45) is 0 Å². The Morgan fingerprint density at radius 1 is 1.29 bits per heavy atom. The van der Waals surface area contributed by atoms with Crippen LogP contribution in [0.15, 0.2) is 40.9 Å². The van der Waals surface area contributed by atoms with Crippen molar-refractivity contribution in [2.75, 3.05) is 0 Å². The van der Waals surface area contributed by atoms with Gasteiger partial charge in [-0.3, -0.25) is 4.79 Å². The topological polar surface area (TPSA) is 43.1 Å². The summed E-state index contributed by atoms with van der Waals surface area (Å²) >= 11 is 5.24. The van der Waals surface area contributed by atoms with E-state index in [2.05, 4.69) is 5.16 Å². The minimum Gasteiger partial charge on any atom is -0.356 e. The fourth-order valence-corrected chi connectivity index (χ4v) is 1.20. The first-order valence-corrected chi connectivity index (χ1v) is 4.37. The van der Waals surface area contributed by atoms with Crippen molar-refractivity contribution in [2.45, 2.75) is 0 Å². The Hall–Kier alpha value is -1.61. The van der Waals surface area contributed by atoms with E-state index in [-0.39, 0.29) is 5.69 Å². The maximum Gasteiger partial charge on any atom is 0.274 e. The number of halogens is 1. The molecule has 0 N–H and O–H groups in total. The van der Waals surface area contributed by atoms with Gasteiger partial charge in [0.05, 0.1) is 0 Å². The van der Waals surface area contributed by atoms with Gasteiger partial charge < -0.3 is 4.52 Å². The van der Waals surface area contributed by atoms with Gasteiger partial charge in [0.2, 0.25) is 0 Å². The first-order chi connectivity index (χ1) is 6.77. The van der Waals surface area contributed by atoms with Gasteiger partial charge in [0.25, 0.3) is 5.24 Å². The van der Waals surface area contributed by atoms with E-state index < -0.39 is 5.24 Å². The Kier molecular flexibility index (Phi) is 2.33. The summed E-state index contributed by atoms with van der Waals surface area (Å²) in [6.07, 6.45) is 0. The van der Waals surface area contributed by atoms with E-state index in [1.165, 1.54) is 6.07 Å². The third kappa shape index (κ3) is 1.67. The maximum absolute atomic E-state index is 10.7. The average Bonchev–Trinajstić information content (AvgIpc) is 2.68. The molecule has 1 aromatic heterocycles. The molecule has 0 fully saturated rings. The van der Waals surface area contributed by atoms with Gasteiger partial charge in [-0.1, -0.05) is 35.5 Å². The van der Waals surface area contributed by atoms with Gasteiger partial charge in [0.15, 0.2) is 11.5 Å². The molecule has 2 aromatic rings. The standard InChI is InChI=1S/C10H6ClNO2/c11-10(13)8-6-9(14-12-8)7-4-2-1-3-5-7/h1-6H. The molecule has 0 saturated carbocycles. The van der Waals surface area contributed by atoms with Crippen molar-refractivity contribution in [3.8, 4) is 11.3 Å². The molecule has 2 rings (SSSR count). The van der Waals surface area contributed by atoms with Crippen LogP contribution in [0.4, 0.5) is 0 Å². The van der Waals surface area contributed by atoms with Gasteiger partial charge in [-0.15, -0.1) is 0 Å². The van der Waals surface area contributed by atoms with Crippen molar-refractivity contribution >= 4 is 16.8 Å². The molecule has 1 heterocycles. The molecule has 14 heavy (non-hydrogen) atoms. The van der Waals surface area contributed by atoms with Crippen LogP contribution in [0.5, 0.6) is 0 Å². The Bertz CT molecular complexity index is 450. The van der Waals surface area contributed by atoms with Gasteiger partial charge in [-0.25, -0.2) is 0 Å². The molecule has 0 aliphatic rings. The lowest BCUT2D eigenvalue weighted by molar-refractivity contribution is 0.107. The highest BCUT2D eigenvalue weighted by Gasteiger charge is 2.10. The zero-order valence-corrected chi connectivity index (χ0v) is 7.86. The molecule has 0 unspecified atom stereocenters. The normalized spacial score (nSPS) is 10.1. The Morgan fingerprint density at radius 2 is 2.00 bits per heavy atom. The molecule has 70 valence electrons. The summed E-state index contributed by atoms with van der Waals surface area (Å²) in [5.74, 6) is 0.537. The summed E-state index contributed by atoms with van der Waals surface area (Å²) in [4.78, 5) is 10.7. The zero-order valence-electron chi connectivity index (χ0n) is 7.11. The smallest absolute Gasteiger partial charge is 0.274 e. The van der Waals surface area contributed by atoms with Crippen LogP contribution in [0.3, 0.4) is 0 Å². The molecule has 0 aliphatic carbocycles. The number of hydrogen-bond acceptors (Lipinski definition) is 3. The average molecular weight is 208 g/mol. The third-order valence-electron chi connectivity index (χ3n) is 1.77. The summed E-state index contributed by atoms with van der Waals surface area (Å²) in [5.41, 5.74) is 0.995. The van der Waals surface area contributed by atoms with E-state index in [1.807, 2.05) is 30.3 Å². The van der Waals surface area contributed by atoms with Crippen LogP contribution in [-0.2, 0) is 0 Å². The minimum atomic E-state index is -0.615. The van der Waals surface area contributed by atoms with Crippen molar-refractivity contribution in [3.05, 3.63) is 42.1 Å². The molecule has 0 amide bonds. The summed E-state index contributed by atoms with van der Waals surface area (Å²) < 4.78 is 4.96. The third-order valence-corrected chi connectivity index (χ3v) is 1.96. The van der Waals surface area contributed by atoms with Crippen LogP contribution in [0.1, 0.15) is 10.5 Å². The lowest BCUT2D eigenvalue weighted by atomic mass is 10.2. The first-order valence-electron chi connectivity index (χ1n) is 3.99. The molecule has 1 aromatic carbocycles. The Balaban J connectivity index is 2.39. The van der Waals surface area contributed by atoms with Gasteiger partial charge in [-0.05, 0) is 11.6 Å². The number of benzene rings is 1. The lowest BCUT2D eigenvalue weighted by Gasteiger charge is -1.91. The van der Waals surface area contributed by atoms with Crippen molar-refractivity contribution in [1.82, 2.24) is 5.16 Å². The Morgan fingerprint density at radius 3 is 2.57 bits per heavy atom. The van der Waals surface area contributed by atoms with E-state index in [0.29, 0.717) is 5.76 Å². The molecule has 0 bridgehead atoms. The van der Waals surface area contributed by atoms with Gasteiger partial charge in [0.1, 0.15) is 0 Å². The SMILES string of the molecule is O=C(Cl)c1cc(-c2ccccc2)on1. The fourth-order valence-electron chi connectivity index (χ4n) is 1.11. The van der Waals surface area contributed by atoms with Gasteiger partial charge in [0, 0.05) is 11.6 Å². The second kappa shape index (κ2) is 3.64. The van der Waals surface area contributed by atoms with Crippen LogP contribution < -0.4 is 0 Å². The number of nitrogens with zero attached hydrogens (tertiary/aromatic N) is 1. The van der Waals surface area contributed by atoms with E-state index in [1.54, 1.807) is 0 Å². The summed E-state index contributed by atoms with van der Waals surface area (Å²) in [6.45, 7) is 0. The molecule has 0 aliphatic heterocycles. The van der Waals surface area contributed by atoms with Crippen LogP contribution >= 0.6 is 11.6 Å². The predicted molar refractivity (Wildman–Crippen MR) is 52.1 cm³/mol. The highest BCUT2D eigenvalue weighted by Crippen LogP contribution is 2.20. The van der Waals surface area contributed by atoms with E-state index >= 15 is 0 Å². The predicted octanol–water partition coefficient (Wildman–Crippen LogP) is 2.72. The summed E-state index contributed by atoms with van der Waals surface area (Å²) in [6, 6.07) is 10.9. The minimum absolute atomic E-state index is 0.130. The maximum atomic E-state index is 10.7. The largest absolute Gasteiger partial charge is 0.356 e. The highest BCUT2D eigenvalue weighted by molar-refractivity contribution is 6.67. The highest BCUT2D eigenvalue weighted by atomic mass is 35.5. The van der Waals surface area contributed by atoms with Gasteiger partial charge in [-0.2, -0.15) is 0 Å². The molecule has 0 atom stereocenters. The Labute approximate surface area is 85.3 Å². The van der Waals surface area contributed by atoms with E-state index in [9.17, 15) is 4.79 Å². The molecule has 0 saturated heterocycles. The molecule has 0 spiro atoms. The zero-order chi connectivity index (χ0) is 9.97. The number of rotatable bonds is 2. The lowest BCUT2D eigenvalue weighted by Crippen LogP contribution is -1.85. The quantitative estimate of drug-likeness (QED) is 0.712. The molecule has 0 radical (unpaired) electrons. The number of carbonyl (C=O) groups is 1. The summed E-state index contributed by atoms with van der Waals surface area (Å²) in [7, 11) is 0. The van der Waals surface area contributed by atoms with Crippen LogP contribution in [0.2, 0.25) is 0 Å². The van der Waals surface area contributed by atoms with Crippen LogP contribution in [0, 0.1) is 0 Å². The summed E-state index contributed by atoms with van der Waals surface area (Å²) in [5, 5.41) is 2.92. The fraction of sp³-hybridized carbons (Fsp3) is 0. The number of hydrogen-bond donors (Lipinski definition) is 0. The molecule has 4 heteroatoms. The van der Waals surface area contributed by atoms with Crippen LogP contribution in [0.25, 0.3) is 11.3 Å². The molecular formula is C10H6ClNO2. The van der Waals surface area contributed by atoms with Gasteiger partial charge >= 0.3 is 0 Å². The van der Waals surface area contributed by atoms with E-state index in [4.69, 9.17) is 16.1 Å². The number of carbonyl (C=O) groups excluding carboxylic acids is 1. The van der Waals surface area contributed by atoms with Crippen molar-refractivity contribution < 1.29 is 9.32 Å². The van der Waals surface area contributed by atoms with Crippen molar-refractivity contribution in [1.29, 1.82) is 0 Å². The molecular weight excluding hydrogens is 202 g/mol.